The van der Waals surface area contributed by atoms with Crippen LogP contribution in [0.5, 0.6) is 0 Å². The molecule has 0 saturated heterocycles. The standard InChI is InChI=1S/C18H10BrClN2/c19-9-1-5-15-13(7-9)11-3-4-12-14-8-10(20)2-6-16(14)22-18(12)17(11)21-15/h1-8,21-22H. The van der Waals surface area contributed by atoms with Crippen molar-refractivity contribution < 1.29 is 0 Å². The van der Waals surface area contributed by atoms with E-state index in [2.05, 4.69) is 56.2 Å². The highest BCUT2D eigenvalue weighted by molar-refractivity contribution is 9.10. The minimum atomic E-state index is 0.758. The van der Waals surface area contributed by atoms with Gasteiger partial charge in [-0.2, -0.15) is 0 Å². The molecule has 106 valence electrons. The van der Waals surface area contributed by atoms with E-state index in [1.54, 1.807) is 0 Å². The van der Waals surface area contributed by atoms with Crippen LogP contribution in [-0.2, 0) is 0 Å². The van der Waals surface area contributed by atoms with Crippen molar-refractivity contribution in [3.63, 3.8) is 0 Å². The molecule has 2 N–H and O–H groups in total. The molecule has 5 rings (SSSR count). The van der Waals surface area contributed by atoms with Gasteiger partial charge in [0.15, 0.2) is 0 Å². The van der Waals surface area contributed by atoms with E-state index in [1.807, 2.05) is 18.2 Å². The first-order valence-electron chi connectivity index (χ1n) is 7.01. The van der Waals surface area contributed by atoms with Crippen LogP contribution in [0.2, 0.25) is 5.02 Å². The lowest BCUT2D eigenvalue weighted by Gasteiger charge is -1.95. The summed E-state index contributed by atoms with van der Waals surface area (Å²) in [6.07, 6.45) is 0. The van der Waals surface area contributed by atoms with E-state index in [0.29, 0.717) is 0 Å². The molecule has 3 aromatic carbocycles. The smallest absolute Gasteiger partial charge is 0.0710 e. The van der Waals surface area contributed by atoms with Crippen LogP contribution < -0.4 is 0 Å². The van der Waals surface area contributed by atoms with Gasteiger partial charge in [-0.3, -0.25) is 0 Å². The fraction of sp³-hybridized carbons (Fsp3) is 0. The number of nitrogens with one attached hydrogen (secondary N) is 2. The summed E-state index contributed by atoms with van der Waals surface area (Å²) < 4.78 is 1.09. The lowest BCUT2D eigenvalue weighted by atomic mass is 10.1. The Bertz CT molecular complexity index is 1100. The molecule has 0 unspecified atom stereocenters. The van der Waals surface area contributed by atoms with Crippen molar-refractivity contribution >= 4 is 71.1 Å². The number of aromatic nitrogens is 2. The van der Waals surface area contributed by atoms with E-state index < -0.39 is 0 Å². The quantitative estimate of drug-likeness (QED) is 0.318. The van der Waals surface area contributed by atoms with E-state index in [1.165, 1.54) is 16.2 Å². The molecule has 0 atom stereocenters. The second-order valence-electron chi connectivity index (χ2n) is 5.54. The second kappa shape index (κ2) is 4.28. The fourth-order valence-corrected chi connectivity index (χ4v) is 3.81. The van der Waals surface area contributed by atoms with Gasteiger partial charge in [0.25, 0.3) is 0 Å². The zero-order valence-electron chi connectivity index (χ0n) is 11.4. The van der Waals surface area contributed by atoms with Gasteiger partial charge in [0.05, 0.1) is 11.0 Å². The molecule has 2 heterocycles. The molecule has 0 aliphatic carbocycles. The number of fused-ring (bicyclic) bond motifs is 7. The first kappa shape index (κ1) is 12.6. The average molecular weight is 370 g/mol. The summed E-state index contributed by atoms with van der Waals surface area (Å²) in [6.45, 7) is 0. The molecule has 0 radical (unpaired) electrons. The van der Waals surface area contributed by atoms with Crippen molar-refractivity contribution in [1.29, 1.82) is 0 Å². The Kier molecular flexibility index (Phi) is 2.44. The van der Waals surface area contributed by atoms with Crippen molar-refractivity contribution in [3.8, 4) is 0 Å². The van der Waals surface area contributed by atoms with Gasteiger partial charge in [0.2, 0.25) is 0 Å². The molecular weight excluding hydrogens is 360 g/mol. The van der Waals surface area contributed by atoms with E-state index >= 15 is 0 Å². The molecule has 0 aliphatic heterocycles. The number of halogens is 2. The van der Waals surface area contributed by atoms with Gasteiger partial charge in [-0.05, 0) is 36.4 Å². The van der Waals surface area contributed by atoms with Crippen LogP contribution in [0.4, 0.5) is 0 Å². The zero-order chi connectivity index (χ0) is 14.8. The third-order valence-corrected chi connectivity index (χ3v) is 5.00. The normalized spacial score (nSPS) is 12.1. The number of aromatic amines is 2. The molecule has 0 saturated carbocycles. The molecule has 2 nitrogen and oxygen atoms in total. The molecule has 2 aromatic heterocycles. The van der Waals surface area contributed by atoms with Crippen molar-refractivity contribution in [2.45, 2.75) is 0 Å². The van der Waals surface area contributed by atoms with Gasteiger partial charge < -0.3 is 9.97 Å². The Morgan fingerprint density at radius 2 is 1.27 bits per heavy atom. The van der Waals surface area contributed by atoms with Crippen LogP contribution in [0, 0.1) is 0 Å². The number of H-pyrrole nitrogens is 2. The van der Waals surface area contributed by atoms with Gasteiger partial charge in [-0.15, -0.1) is 0 Å². The van der Waals surface area contributed by atoms with Gasteiger partial charge in [0, 0.05) is 42.1 Å². The number of hydrogen-bond acceptors (Lipinski definition) is 0. The molecule has 5 aromatic rings. The highest BCUT2D eigenvalue weighted by Crippen LogP contribution is 2.36. The van der Waals surface area contributed by atoms with Crippen LogP contribution >= 0.6 is 27.5 Å². The van der Waals surface area contributed by atoms with Crippen molar-refractivity contribution in [2.75, 3.05) is 0 Å². The summed E-state index contributed by atoms with van der Waals surface area (Å²) in [5, 5.41) is 5.55. The van der Waals surface area contributed by atoms with Gasteiger partial charge >= 0.3 is 0 Å². The lowest BCUT2D eigenvalue weighted by molar-refractivity contribution is 1.51. The third-order valence-electron chi connectivity index (χ3n) is 4.27. The second-order valence-corrected chi connectivity index (χ2v) is 6.89. The average Bonchev–Trinajstić information content (AvgIpc) is 3.05. The predicted molar refractivity (Wildman–Crippen MR) is 97.9 cm³/mol. The Balaban J connectivity index is 2.03. The zero-order valence-corrected chi connectivity index (χ0v) is 13.7. The Morgan fingerprint density at radius 1 is 0.682 bits per heavy atom. The summed E-state index contributed by atoms with van der Waals surface area (Å²) in [5.74, 6) is 0. The fourth-order valence-electron chi connectivity index (χ4n) is 3.28. The van der Waals surface area contributed by atoms with Crippen molar-refractivity contribution in [3.05, 3.63) is 58.0 Å². The van der Waals surface area contributed by atoms with Crippen LogP contribution in [0.3, 0.4) is 0 Å². The highest BCUT2D eigenvalue weighted by atomic mass is 79.9. The van der Waals surface area contributed by atoms with Crippen molar-refractivity contribution in [2.24, 2.45) is 0 Å². The van der Waals surface area contributed by atoms with Gasteiger partial charge in [0.1, 0.15) is 0 Å². The number of rotatable bonds is 0. The van der Waals surface area contributed by atoms with Crippen LogP contribution in [0.25, 0.3) is 43.6 Å². The van der Waals surface area contributed by atoms with Crippen LogP contribution in [0.1, 0.15) is 0 Å². The lowest BCUT2D eigenvalue weighted by Crippen LogP contribution is -1.72. The summed E-state index contributed by atoms with van der Waals surface area (Å²) in [4.78, 5) is 7.06. The topological polar surface area (TPSA) is 31.6 Å². The summed E-state index contributed by atoms with van der Waals surface area (Å²) in [5.41, 5.74) is 4.51. The minimum Gasteiger partial charge on any atom is -0.353 e. The van der Waals surface area contributed by atoms with E-state index in [0.717, 1.165) is 36.9 Å². The van der Waals surface area contributed by atoms with E-state index in [4.69, 9.17) is 11.6 Å². The molecule has 0 bridgehead atoms. The number of hydrogen-bond donors (Lipinski definition) is 2. The summed E-state index contributed by atoms with van der Waals surface area (Å²) in [6, 6.07) is 16.6. The third kappa shape index (κ3) is 1.61. The van der Waals surface area contributed by atoms with Crippen molar-refractivity contribution in [1.82, 2.24) is 9.97 Å². The highest BCUT2D eigenvalue weighted by Gasteiger charge is 2.12. The van der Waals surface area contributed by atoms with E-state index in [-0.39, 0.29) is 0 Å². The minimum absolute atomic E-state index is 0.758. The van der Waals surface area contributed by atoms with Gasteiger partial charge in [-0.1, -0.05) is 39.7 Å². The molecule has 0 fully saturated rings. The largest absolute Gasteiger partial charge is 0.353 e. The van der Waals surface area contributed by atoms with Gasteiger partial charge in [-0.25, -0.2) is 0 Å². The molecule has 4 heteroatoms. The molecular formula is C18H10BrClN2. The summed E-state index contributed by atoms with van der Waals surface area (Å²) in [7, 11) is 0. The molecule has 0 amide bonds. The Hall–Kier alpha value is -1.97. The summed E-state index contributed by atoms with van der Waals surface area (Å²) >= 11 is 9.70. The first-order chi connectivity index (χ1) is 10.7. The maximum Gasteiger partial charge on any atom is 0.0710 e. The van der Waals surface area contributed by atoms with Crippen LogP contribution in [0.15, 0.2) is 53.0 Å². The number of benzene rings is 3. The Morgan fingerprint density at radius 3 is 1.95 bits per heavy atom. The SMILES string of the molecule is Clc1ccc2[nH]c3c(ccc4c5cc(Br)ccc5[nH]c43)c2c1. The molecule has 22 heavy (non-hydrogen) atoms. The maximum atomic E-state index is 6.15. The molecule has 0 aliphatic rings. The van der Waals surface area contributed by atoms with E-state index in [9.17, 15) is 0 Å². The first-order valence-corrected chi connectivity index (χ1v) is 8.19. The maximum absolute atomic E-state index is 6.15. The molecule has 0 spiro atoms. The predicted octanol–water partition coefficient (Wildman–Crippen LogP) is 6.37. The Labute approximate surface area is 139 Å². The van der Waals surface area contributed by atoms with Crippen LogP contribution in [-0.4, -0.2) is 9.97 Å². The monoisotopic (exact) mass is 368 g/mol.